The van der Waals surface area contributed by atoms with Crippen molar-refractivity contribution in [3.05, 3.63) is 64.8 Å². The van der Waals surface area contributed by atoms with E-state index in [0.29, 0.717) is 51.0 Å². The van der Waals surface area contributed by atoms with E-state index in [1.807, 2.05) is 52.3 Å². The summed E-state index contributed by atoms with van der Waals surface area (Å²) in [6.45, 7) is 4.10. The summed E-state index contributed by atoms with van der Waals surface area (Å²) < 4.78 is 10.8. The van der Waals surface area contributed by atoms with Crippen LogP contribution in [-0.2, 0) is 24.2 Å². The standard InChI is InChI=1S/C29H34N4O4/c1-31-14-16-32(17-15-31)29(35)28-22-6-4-5-7-24(22)30-25-12-13-33(19-23(25)28)27(34)11-8-20-18-21(36-2)9-10-26(20)37-3/h4-7,9-10,18H,8,11-17,19H2,1-3H3. The number of aromatic nitrogens is 1. The van der Waals surface area contributed by atoms with E-state index < -0.39 is 0 Å². The van der Waals surface area contributed by atoms with E-state index in [1.165, 1.54) is 0 Å². The van der Waals surface area contributed by atoms with E-state index in [-0.39, 0.29) is 11.8 Å². The molecule has 1 saturated heterocycles. The molecule has 0 spiro atoms. The highest BCUT2D eigenvalue weighted by Gasteiger charge is 2.30. The highest BCUT2D eigenvalue weighted by atomic mass is 16.5. The van der Waals surface area contributed by atoms with E-state index in [0.717, 1.165) is 52.3 Å². The number of carbonyl (C=O) groups excluding carboxylic acids is 2. The predicted molar refractivity (Wildman–Crippen MR) is 142 cm³/mol. The summed E-state index contributed by atoms with van der Waals surface area (Å²) >= 11 is 0. The lowest BCUT2D eigenvalue weighted by Gasteiger charge is -2.35. The summed E-state index contributed by atoms with van der Waals surface area (Å²) in [4.78, 5) is 38.2. The number of para-hydroxylation sites is 1. The summed E-state index contributed by atoms with van der Waals surface area (Å²) in [5.41, 5.74) is 4.29. The smallest absolute Gasteiger partial charge is 0.255 e. The van der Waals surface area contributed by atoms with E-state index in [4.69, 9.17) is 14.5 Å². The van der Waals surface area contributed by atoms with Crippen LogP contribution in [0, 0.1) is 0 Å². The molecule has 37 heavy (non-hydrogen) atoms. The molecule has 8 nitrogen and oxygen atoms in total. The van der Waals surface area contributed by atoms with Gasteiger partial charge in [-0.3, -0.25) is 14.6 Å². The number of hydrogen-bond donors (Lipinski definition) is 0. The Morgan fingerprint density at radius 2 is 1.73 bits per heavy atom. The molecule has 1 fully saturated rings. The Bertz CT molecular complexity index is 1320. The van der Waals surface area contributed by atoms with Crippen LogP contribution in [0.1, 0.15) is 33.6 Å². The van der Waals surface area contributed by atoms with Crippen molar-refractivity contribution in [2.75, 3.05) is 54.0 Å². The third-order valence-electron chi connectivity index (χ3n) is 7.50. The normalized spacial score (nSPS) is 16.0. The zero-order valence-corrected chi connectivity index (χ0v) is 21.8. The summed E-state index contributed by atoms with van der Waals surface area (Å²) in [7, 11) is 5.34. The van der Waals surface area contributed by atoms with Crippen molar-refractivity contribution in [2.24, 2.45) is 0 Å². The molecule has 0 saturated carbocycles. The number of aryl methyl sites for hydroxylation is 1. The van der Waals surface area contributed by atoms with Crippen molar-refractivity contribution in [3.8, 4) is 11.5 Å². The third kappa shape index (κ3) is 5.11. The second kappa shape index (κ2) is 10.8. The van der Waals surface area contributed by atoms with Crippen molar-refractivity contribution in [1.82, 2.24) is 19.7 Å². The molecule has 194 valence electrons. The Hall–Kier alpha value is -3.65. The first-order valence-corrected chi connectivity index (χ1v) is 12.9. The van der Waals surface area contributed by atoms with Crippen LogP contribution in [0.2, 0.25) is 0 Å². The molecule has 2 aliphatic rings. The van der Waals surface area contributed by atoms with Gasteiger partial charge in [-0.25, -0.2) is 0 Å². The fraction of sp³-hybridized carbons (Fsp3) is 0.414. The van der Waals surface area contributed by atoms with E-state index in [1.54, 1.807) is 14.2 Å². The fourth-order valence-corrected chi connectivity index (χ4v) is 5.29. The first kappa shape index (κ1) is 25.0. The largest absolute Gasteiger partial charge is 0.497 e. The lowest BCUT2D eigenvalue weighted by atomic mass is 9.94. The van der Waals surface area contributed by atoms with Gasteiger partial charge in [-0.05, 0) is 43.3 Å². The van der Waals surface area contributed by atoms with Gasteiger partial charge >= 0.3 is 0 Å². The molecular formula is C29H34N4O4. The first-order valence-electron chi connectivity index (χ1n) is 12.9. The van der Waals surface area contributed by atoms with Gasteiger partial charge in [0.05, 0.1) is 25.3 Å². The van der Waals surface area contributed by atoms with Gasteiger partial charge in [0, 0.05) is 68.8 Å². The lowest BCUT2D eigenvalue weighted by Crippen LogP contribution is -2.47. The number of fused-ring (bicyclic) bond motifs is 2. The maximum absolute atomic E-state index is 13.9. The molecule has 0 radical (unpaired) electrons. The molecule has 0 aliphatic carbocycles. The zero-order valence-electron chi connectivity index (χ0n) is 21.8. The number of rotatable bonds is 6. The maximum Gasteiger partial charge on any atom is 0.255 e. The Morgan fingerprint density at radius 1 is 0.946 bits per heavy atom. The Balaban J connectivity index is 1.40. The second-order valence-electron chi connectivity index (χ2n) is 9.77. The highest BCUT2D eigenvalue weighted by Crippen LogP contribution is 2.31. The van der Waals surface area contributed by atoms with E-state index in [9.17, 15) is 9.59 Å². The van der Waals surface area contributed by atoms with Crippen LogP contribution < -0.4 is 9.47 Å². The van der Waals surface area contributed by atoms with Crippen LogP contribution in [0.25, 0.3) is 10.9 Å². The minimum atomic E-state index is 0.0402. The number of benzene rings is 2. The Kier molecular flexibility index (Phi) is 7.28. The number of methoxy groups -OCH3 is 2. The van der Waals surface area contributed by atoms with Gasteiger partial charge in [0.25, 0.3) is 5.91 Å². The maximum atomic E-state index is 13.9. The van der Waals surface area contributed by atoms with Crippen LogP contribution in [-0.4, -0.2) is 85.5 Å². The van der Waals surface area contributed by atoms with Crippen molar-refractivity contribution in [1.29, 1.82) is 0 Å². The molecule has 2 aliphatic heterocycles. The number of ether oxygens (including phenoxy) is 2. The van der Waals surface area contributed by atoms with Crippen LogP contribution in [0.4, 0.5) is 0 Å². The van der Waals surface area contributed by atoms with Crippen LogP contribution >= 0.6 is 0 Å². The average Bonchev–Trinajstić information content (AvgIpc) is 2.94. The topological polar surface area (TPSA) is 75.2 Å². The van der Waals surface area contributed by atoms with Crippen LogP contribution in [0.3, 0.4) is 0 Å². The number of hydrogen-bond acceptors (Lipinski definition) is 6. The quantitative estimate of drug-likeness (QED) is 0.516. The molecule has 3 heterocycles. The first-order chi connectivity index (χ1) is 18.0. The van der Waals surface area contributed by atoms with Crippen molar-refractivity contribution in [3.63, 3.8) is 0 Å². The minimum Gasteiger partial charge on any atom is -0.497 e. The minimum absolute atomic E-state index is 0.0402. The molecule has 0 bridgehead atoms. The molecule has 5 rings (SSSR count). The van der Waals surface area contributed by atoms with Crippen molar-refractivity contribution in [2.45, 2.75) is 25.8 Å². The molecule has 2 amide bonds. The monoisotopic (exact) mass is 502 g/mol. The van der Waals surface area contributed by atoms with Gasteiger partial charge in [-0.1, -0.05) is 18.2 Å². The average molecular weight is 503 g/mol. The SMILES string of the molecule is COc1ccc(OC)c(CCC(=O)N2CCc3nc4ccccc4c(C(=O)N4CCN(C)CC4)c3C2)c1. The highest BCUT2D eigenvalue weighted by molar-refractivity contribution is 6.08. The summed E-state index contributed by atoms with van der Waals surface area (Å²) in [5.74, 6) is 1.58. The molecule has 0 N–H and O–H groups in total. The summed E-state index contributed by atoms with van der Waals surface area (Å²) in [5, 5.41) is 0.862. The number of likely N-dealkylation sites (N-methyl/N-ethyl adjacent to an activating group) is 1. The fourth-order valence-electron chi connectivity index (χ4n) is 5.29. The number of carbonyl (C=O) groups is 2. The Labute approximate surface area is 217 Å². The summed E-state index contributed by atoms with van der Waals surface area (Å²) in [6.07, 6.45) is 1.53. The molecule has 1 aromatic heterocycles. The van der Waals surface area contributed by atoms with Gasteiger partial charge in [0.2, 0.25) is 5.91 Å². The second-order valence-corrected chi connectivity index (χ2v) is 9.77. The lowest BCUT2D eigenvalue weighted by molar-refractivity contribution is -0.132. The van der Waals surface area contributed by atoms with Crippen molar-refractivity contribution >= 4 is 22.7 Å². The number of pyridine rings is 1. The number of piperazine rings is 1. The van der Waals surface area contributed by atoms with Crippen LogP contribution in [0.5, 0.6) is 11.5 Å². The number of amides is 2. The zero-order chi connectivity index (χ0) is 25.9. The molecule has 0 atom stereocenters. The van der Waals surface area contributed by atoms with E-state index in [2.05, 4.69) is 11.9 Å². The predicted octanol–water partition coefficient (Wildman–Crippen LogP) is 3.16. The molecule has 3 aromatic rings. The van der Waals surface area contributed by atoms with Gasteiger partial charge in [0.1, 0.15) is 11.5 Å². The van der Waals surface area contributed by atoms with Gasteiger partial charge < -0.3 is 24.2 Å². The van der Waals surface area contributed by atoms with E-state index >= 15 is 0 Å². The summed E-state index contributed by atoms with van der Waals surface area (Å²) in [6, 6.07) is 13.5. The molecule has 8 heteroatoms. The molecular weight excluding hydrogens is 468 g/mol. The third-order valence-corrected chi connectivity index (χ3v) is 7.50. The van der Waals surface area contributed by atoms with Gasteiger partial charge in [0.15, 0.2) is 0 Å². The van der Waals surface area contributed by atoms with Gasteiger partial charge in [-0.2, -0.15) is 0 Å². The molecule has 2 aromatic carbocycles. The Morgan fingerprint density at radius 3 is 2.49 bits per heavy atom. The number of nitrogens with zero attached hydrogens (tertiary/aromatic N) is 4. The van der Waals surface area contributed by atoms with Gasteiger partial charge in [-0.15, -0.1) is 0 Å². The molecule has 0 unspecified atom stereocenters. The van der Waals surface area contributed by atoms with Crippen LogP contribution in [0.15, 0.2) is 42.5 Å². The van der Waals surface area contributed by atoms with Crippen molar-refractivity contribution < 1.29 is 19.1 Å².